The third kappa shape index (κ3) is 2.59. The highest BCUT2D eigenvalue weighted by atomic mass is 32.1. The van der Waals surface area contributed by atoms with Gasteiger partial charge in [-0.3, -0.25) is 10.1 Å². The molecule has 0 saturated carbocycles. The number of carbonyl (C=O) groups is 1. The number of fused-ring (bicyclic) bond motifs is 1. The van der Waals surface area contributed by atoms with Crippen LogP contribution in [-0.2, 0) is 4.79 Å². The maximum absolute atomic E-state index is 13.0. The smallest absolute Gasteiger partial charge is 0.250 e. The molecule has 3 rings (SSSR count). The highest BCUT2D eigenvalue weighted by molar-refractivity contribution is 7.15. The Morgan fingerprint density at radius 1 is 1.43 bits per heavy atom. The molecule has 0 aliphatic rings. The van der Waals surface area contributed by atoms with E-state index in [9.17, 15) is 9.18 Å². The van der Waals surface area contributed by atoms with Gasteiger partial charge in [0.2, 0.25) is 16.8 Å². The van der Waals surface area contributed by atoms with Crippen molar-refractivity contribution < 1.29 is 9.18 Å². The van der Waals surface area contributed by atoms with Gasteiger partial charge in [-0.15, -0.1) is 16.4 Å². The van der Waals surface area contributed by atoms with Crippen LogP contribution >= 0.6 is 11.3 Å². The van der Waals surface area contributed by atoms with Gasteiger partial charge in [0.25, 0.3) is 0 Å². The molecule has 0 atom stereocenters. The molecule has 0 spiro atoms. The van der Waals surface area contributed by atoms with Gasteiger partial charge in [0.05, 0.1) is 11.8 Å². The third-order valence-corrected chi connectivity index (χ3v) is 3.53. The normalized spacial score (nSPS) is 10.5. The van der Waals surface area contributed by atoms with Crippen LogP contribution in [0.4, 0.5) is 10.3 Å². The van der Waals surface area contributed by atoms with E-state index in [1.54, 1.807) is 22.7 Å². The predicted molar refractivity (Wildman–Crippen MR) is 75.1 cm³/mol. The zero-order valence-corrected chi connectivity index (χ0v) is 11.4. The van der Waals surface area contributed by atoms with Crippen LogP contribution in [0.15, 0.2) is 29.6 Å². The maximum Gasteiger partial charge on any atom is 0.250 e. The highest BCUT2D eigenvalue weighted by Gasteiger charge is 2.13. The second kappa shape index (κ2) is 5.30. The lowest BCUT2D eigenvalue weighted by Gasteiger charge is -1.98. The molecule has 2 heterocycles. The molecule has 0 saturated heterocycles. The zero-order valence-electron chi connectivity index (χ0n) is 10.6. The van der Waals surface area contributed by atoms with Gasteiger partial charge in [0, 0.05) is 10.9 Å². The first kappa shape index (κ1) is 13.2. The Morgan fingerprint density at radius 3 is 2.90 bits per heavy atom. The molecule has 8 heteroatoms. The zero-order chi connectivity index (χ0) is 14.8. The summed E-state index contributed by atoms with van der Waals surface area (Å²) >= 11 is 1.35. The average Bonchev–Trinajstić information content (AvgIpc) is 3.00. The van der Waals surface area contributed by atoms with Gasteiger partial charge in [0.15, 0.2) is 0 Å². The summed E-state index contributed by atoms with van der Waals surface area (Å²) in [5.74, 6) is -0.627. The average molecular weight is 301 g/mol. The van der Waals surface area contributed by atoms with E-state index >= 15 is 0 Å². The minimum atomic E-state index is -0.459. The summed E-state index contributed by atoms with van der Waals surface area (Å²) in [7, 11) is 0. The van der Waals surface area contributed by atoms with Crippen LogP contribution in [-0.4, -0.2) is 20.5 Å². The van der Waals surface area contributed by atoms with Crippen molar-refractivity contribution in [2.45, 2.75) is 6.42 Å². The first-order valence-corrected chi connectivity index (χ1v) is 6.82. The van der Waals surface area contributed by atoms with Gasteiger partial charge in [-0.1, -0.05) is 0 Å². The Bertz CT molecular complexity index is 846. The number of anilines is 1. The van der Waals surface area contributed by atoms with Crippen LogP contribution in [0, 0.1) is 17.1 Å². The van der Waals surface area contributed by atoms with Crippen LogP contribution in [0.1, 0.15) is 6.42 Å². The lowest BCUT2D eigenvalue weighted by molar-refractivity contribution is -0.115. The van der Waals surface area contributed by atoms with E-state index in [0.29, 0.717) is 4.96 Å². The molecule has 1 N–H and O–H groups in total. The standard InChI is InChI=1S/C13H8FN5OS/c14-9-3-1-8(2-4-9)10-7-21-13-17-12(18-19(10)13)16-11(20)5-6-15/h1-4,7H,5H2,(H,16,18,20). The van der Waals surface area contributed by atoms with E-state index < -0.39 is 5.91 Å². The molecule has 0 aliphatic carbocycles. The fourth-order valence-corrected chi connectivity index (χ4v) is 2.63. The largest absolute Gasteiger partial charge is 0.292 e. The number of amides is 1. The van der Waals surface area contributed by atoms with Gasteiger partial charge in [-0.2, -0.15) is 10.2 Å². The molecular formula is C13H8FN5OS. The second-order valence-electron chi connectivity index (χ2n) is 4.14. The van der Waals surface area contributed by atoms with Gasteiger partial charge in [0.1, 0.15) is 12.2 Å². The predicted octanol–water partition coefficient (Wildman–Crippen LogP) is 2.45. The molecule has 0 unspecified atom stereocenters. The van der Waals surface area contributed by atoms with Crippen molar-refractivity contribution in [1.82, 2.24) is 14.6 Å². The minimum Gasteiger partial charge on any atom is -0.292 e. The summed E-state index contributed by atoms with van der Waals surface area (Å²) in [4.78, 5) is 16.1. The first-order valence-electron chi connectivity index (χ1n) is 5.94. The number of thiazole rings is 1. The van der Waals surface area contributed by atoms with Crippen molar-refractivity contribution in [2.75, 3.05) is 5.32 Å². The monoisotopic (exact) mass is 301 g/mol. The number of hydrogen-bond acceptors (Lipinski definition) is 5. The topological polar surface area (TPSA) is 83.1 Å². The van der Waals surface area contributed by atoms with E-state index in [0.717, 1.165) is 11.3 Å². The van der Waals surface area contributed by atoms with Crippen LogP contribution in [0.2, 0.25) is 0 Å². The lowest BCUT2D eigenvalue weighted by atomic mass is 10.2. The number of aromatic nitrogens is 3. The Kier molecular flexibility index (Phi) is 3.33. The van der Waals surface area contributed by atoms with Crippen molar-refractivity contribution in [2.24, 2.45) is 0 Å². The number of rotatable bonds is 3. The molecule has 21 heavy (non-hydrogen) atoms. The van der Waals surface area contributed by atoms with Gasteiger partial charge in [-0.05, 0) is 24.3 Å². The third-order valence-electron chi connectivity index (χ3n) is 2.71. The molecule has 0 radical (unpaired) electrons. The Hall–Kier alpha value is -2.79. The summed E-state index contributed by atoms with van der Waals surface area (Å²) in [6.45, 7) is 0. The van der Waals surface area contributed by atoms with Gasteiger partial charge in [-0.25, -0.2) is 8.91 Å². The number of hydrogen-bond donors (Lipinski definition) is 1. The fourth-order valence-electron chi connectivity index (χ4n) is 1.79. The quantitative estimate of drug-likeness (QED) is 0.805. The Balaban J connectivity index is 1.95. The summed E-state index contributed by atoms with van der Waals surface area (Å²) in [6, 6.07) is 7.77. The molecule has 0 aliphatic heterocycles. The second-order valence-corrected chi connectivity index (χ2v) is 4.98. The van der Waals surface area contributed by atoms with Crippen LogP contribution in [0.25, 0.3) is 16.2 Å². The number of nitriles is 1. The van der Waals surface area contributed by atoms with Crippen molar-refractivity contribution in [3.05, 3.63) is 35.5 Å². The van der Waals surface area contributed by atoms with Gasteiger partial charge >= 0.3 is 0 Å². The van der Waals surface area contributed by atoms with E-state index in [-0.39, 0.29) is 18.2 Å². The van der Waals surface area contributed by atoms with Crippen molar-refractivity contribution in [3.8, 4) is 17.3 Å². The number of benzene rings is 1. The summed E-state index contributed by atoms with van der Waals surface area (Å²) in [5.41, 5.74) is 1.55. The molecule has 1 aromatic carbocycles. The fraction of sp³-hybridized carbons (Fsp3) is 0.0769. The number of halogens is 1. The molecule has 1 amide bonds. The first-order chi connectivity index (χ1) is 10.2. The lowest BCUT2D eigenvalue weighted by Crippen LogP contribution is -2.11. The number of nitrogens with one attached hydrogen (secondary N) is 1. The Labute approximate surface area is 122 Å². The van der Waals surface area contributed by atoms with Crippen LogP contribution in [0.5, 0.6) is 0 Å². The van der Waals surface area contributed by atoms with Crippen LogP contribution < -0.4 is 5.32 Å². The maximum atomic E-state index is 13.0. The molecule has 104 valence electrons. The highest BCUT2D eigenvalue weighted by Crippen LogP contribution is 2.25. The summed E-state index contributed by atoms with van der Waals surface area (Å²) in [6.07, 6.45) is -0.252. The minimum absolute atomic E-state index is 0.144. The van der Waals surface area contributed by atoms with Crippen molar-refractivity contribution in [3.63, 3.8) is 0 Å². The molecular weight excluding hydrogens is 293 g/mol. The number of carbonyl (C=O) groups excluding carboxylic acids is 1. The van der Waals surface area contributed by atoms with E-state index in [1.807, 2.05) is 5.38 Å². The molecule has 0 fully saturated rings. The SMILES string of the molecule is N#CCC(=O)Nc1nc2scc(-c3ccc(F)cc3)n2n1. The van der Waals surface area contributed by atoms with Crippen molar-refractivity contribution in [1.29, 1.82) is 5.26 Å². The summed E-state index contributed by atoms with van der Waals surface area (Å²) in [5, 5.41) is 16.9. The van der Waals surface area contributed by atoms with E-state index in [4.69, 9.17) is 5.26 Å². The van der Waals surface area contributed by atoms with E-state index in [1.165, 1.54) is 23.5 Å². The van der Waals surface area contributed by atoms with Gasteiger partial charge < -0.3 is 0 Å². The Morgan fingerprint density at radius 2 is 2.19 bits per heavy atom. The molecule has 3 aromatic rings. The van der Waals surface area contributed by atoms with Crippen molar-refractivity contribution >= 4 is 28.2 Å². The summed E-state index contributed by atoms with van der Waals surface area (Å²) < 4.78 is 14.5. The molecule has 0 bridgehead atoms. The van der Waals surface area contributed by atoms with Crippen LogP contribution in [0.3, 0.4) is 0 Å². The molecule has 6 nitrogen and oxygen atoms in total. The van der Waals surface area contributed by atoms with E-state index in [2.05, 4.69) is 15.4 Å². The molecule has 2 aromatic heterocycles. The number of nitrogens with zero attached hydrogens (tertiary/aromatic N) is 4.